The van der Waals surface area contributed by atoms with Crippen molar-refractivity contribution in [2.24, 2.45) is 7.05 Å². The largest absolute Gasteiger partial charge is 0.465 e. The molecule has 0 N–H and O–H groups in total. The van der Waals surface area contributed by atoms with E-state index in [1.54, 1.807) is 31.3 Å². The van der Waals surface area contributed by atoms with Crippen molar-refractivity contribution in [3.8, 4) is 0 Å². The lowest BCUT2D eigenvalue weighted by molar-refractivity contribution is 0.0599. The Morgan fingerprint density at radius 1 is 1.20 bits per heavy atom. The van der Waals surface area contributed by atoms with Crippen LogP contribution >= 0.6 is 0 Å². The van der Waals surface area contributed by atoms with Gasteiger partial charge in [0.05, 0.1) is 19.2 Å². The summed E-state index contributed by atoms with van der Waals surface area (Å²) >= 11 is 0. The third-order valence-electron chi connectivity index (χ3n) is 2.99. The molecule has 2 aromatic rings. The van der Waals surface area contributed by atoms with Gasteiger partial charge in [0.1, 0.15) is 0 Å². The van der Waals surface area contributed by atoms with Crippen LogP contribution in [0.3, 0.4) is 0 Å². The Labute approximate surface area is 114 Å². The minimum absolute atomic E-state index is 0.0254. The maximum Gasteiger partial charge on any atom is 0.338 e. The molecule has 104 valence electrons. The maximum absolute atomic E-state index is 12.0. The topological polar surface area (TPSA) is 70.3 Å². The standard InChI is InChI=1S/C14H14N2O4/c1-15-8-7-12(17)16(14(15)19)9-10-5-3-4-6-11(10)13(18)20-2/h3-8H,9H2,1-2H3. The molecule has 6 nitrogen and oxygen atoms in total. The molecule has 1 heterocycles. The van der Waals surface area contributed by atoms with E-state index >= 15 is 0 Å². The molecular formula is C14H14N2O4. The Balaban J connectivity index is 2.52. The van der Waals surface area contributed by atoms with E-state index in [1.807, 2.05) is 0 Å². The summed E-state index contributed by atoms with van der Waals surface area (Å²) in [5.74, 6) is -0.499. The molecular weight excluding hydrogens is 260 g/mol. The van der Waals surface area contributed by atoms with Crippen LogP contribution in [0.4, 0.5) is 0 Å². The summed E-state index contributed by atoms with van der Waals surface area (Å²) in [6.45, 7) is 0.0254. The molecule has 0 radical (unpaired) electrons. The predicted molar refractivity (Wildman–Crippen MR) is 72.8 cm³/mol. The van der Waals surface area contributed by atoms with Crippen LogP contribution in [0.25, 0.3) is 0 Å². The monoisotopic (exact) mass is 274 g/mol. The predicted octanol–water partition coefficient (Wildman–Crippen LogP) is 0.382. The van der Waals surface area contributed by atoms with E-state index in [1.165, 1.54) is 23.9 Å². The van der Waals surface area contributed by atoms with Crippen LogP contribution in [0.1, 0.15) is 15.9 Å². The zero-order valence-corrected chi connectivity index (χ0v) is 11.2. The van der Waals surface area contributed by atoms with Crippen molar-refractivity contribution in [1.29, 1.82) is 0 Å². The Morgan fingerprint density at radius 3 is 2.60 bits per heavy atom. The highest BCUT2D eigenvalue weighted by Gasteiger charge is 2.13. The molecule has 0 bridgehead atoms. The molecule has 0 unspecified atom stereocenters. The van der Waals surface area contributed by atoms with Crippen LogP contribution in [0, 0.1) is 0 Å². The molecule has 20 heavy (non-hydrogen) atoms. The molecule has 0 atom stereocenters. The van der Waals surface area contributed by atoms with Crippen LogP contribution < -0.4 is 11.2 Å². The summed E-state index contributed by atoms with van der Waals surface area (Å²) in [6.07, 6.45) is 1.41. The number of hydrogen-bond donors (Lipinski definition) is 0. The van der Waals surface area contributed by atoms with E-state index in [2.05, 4.69) is 4.74 Å². The Morgan fingerprint density at radius 2 is 1.90 bits per heavy atom. The van der Waals surface area contributed by atoms with Gasteiger partial charge in [0.25, 0.3) is 5.56 Å². The third-order valence-corrected chi connectivity index (χ3v) is 2.99. The first-order valence-electron chi connectivity index (χ1n) is 5.97. The lowest BCUT2D eigenvalue weighted by Gasteiger charge is -2.10. The second kappa shape index (κ2) is 5.56. The van der Waals surface area contributed by atoms with E-state index in [0.717, 1.165) is 4.57 Å². The van der Waals surface area contributed by atoms with Crippen molar-refractivity contribution in [2.75, 3.05) is 7.11 Å². The van der Waals surface area contributed by atoms with Crippen molar-refractivity contribution in [3.05, 3.63) is 68.5 Å². The molecule has 0 saturated heterocycles. The first-order valence-corrected chi connectivity index (χ1v) is 5.97. The maximum atomic E-state index is 12.0. The van der Waals surface area contributed by atoms with Gasteiger partial charge >= 0.3 is 11.7 Å². The van der Waals surface area contributed by atoms with E-state index in [0.29, 0.717) is 11.1 Å². The molecule has 0 saturated carbocycles. The van der Waals surface area contributed by atoms with Crippen LogP contribution in [-0.2, 0) is 18.3 Å². The van der Waals surface area contributed by atoms with Crippen molar-refractivity contribution in [2.45, 2.75) is 6.54 Å². The molecule has 0 amide bonds. The summed E-state index contributed by atoms with van der Waals surface area (Å²) in [6, 6.07) is 8.02. The average molecular weight is 274 g/mol. The minimum Gasteiger partial charge on any atom is -0.465 e. The SMILES string of the molecule is COC(=O)c1ccccc1Cn1c(=O)ccn(C)c1=O. The summed E-state index contributed by atoms with van der Waals surface area (Å²) in [4.78, 5) is 35.4. The van der Waals surface area contributed by atoms with Gasteiger partial charge < -0.3 is 9.30 Å². The Bertz CT molecular complexity index is 758. The smallest absolute Gasteiger partial charge is 0.338 e. The van der Waals surface area contributed by atoms with E-state index in [4.69, 9.17) is 0 Å². The number of carbonyl (C=O) groups excluding carboxylic acids is 1. The quantitative estimate of drug-likeness (QED) is 0.759. The number of aryl methyl sites for hydroxylation is 1. The molecule has 0 aliphatic carbocycles. The van der Waals surface area contributed by atoms with Crippen LogP contribution in [0.2, 0.25) is 0 Å². The average Bonchev–Trinajstić information content (AvgIpc) is 2.47. The highest BCUT2D eigenvalue weighted by atomic mass is 16.5. The molecule has 0 spiro atoms. The van der Waals surface area contributed by atoms with Crippen molar-refractivity contribution in [1.82, 2.24) is 9.13 Å². The summed E-state index contributed by atoms with van der Waals surface area (Å²) < 4.78 is 7.07. The zero-order chi connectivity index (χ0) is 14.7. The van der Waals surface area contributed by atoms with Crippen LogP contribution in [0.5, 0.6) is 0 Å². The van der Waals surface area contributed by atoms with Gasteiger partial charge in [-0.3, -0.25) is 9.36 Å². The molecule has 2 rings (SSSR count). The number of hydrogen-bond acceptors (Lipinski definition) is 4. The summed E-state index contributed by atoms with van der Waals surface area (Å²) in [5.41, 5.74) is 0.0579. The number of ether oxygens (including phenoxy) is 1. The Hall–Kier alpha value is -2.63. The molecule has 0 fully saturated rings. The number of nitrogens with zero attached hydrogens (tertiary/aromatic N) is 2. The second-order valence-electron chi connectivity index (χ2n) is 4.28. The Kier molecular flexibility index (Phi) is 3.84. The van der Waals surface area contributed by atoms with E-state index in [9.17, 15) is 14.4 Å². The molecule has 1 aromatic carbocycles. The van der Waals surface area contributed by atoms with Gasteiger partial charge in [-0.05, 0) is 11.6 Å². The fraction of sp³-hybridized carbons (Fsp3) is 0.214. The van der Waals surface area contributed by atoms with Gasteiger partial charge in [-0.2, -0.15) is 0 Å². The second-order valence-corrected chi connectivity index (χ2v) is 4.28. The van der Waals surface area contributed by atoms with Crippen LogP contribution in [-0.4, -0.2) is 22.2 Å². The third kappa shape index (κ3) is 2.54. The molecule has 0 aliphatic heterocycles. The van der Waals surface area contributed by atoms with Gasteiger partial charge in [-0.25, -0.2) is 9.59 Å². The number of carbonyl (C=O) groups is 1. The van der Waals surface area contributed by atoms with Crippen molar-refractivity contribution in [3.63, 3.8) is 0 Å². The van der Waals surface area contributed by atoms with Gasteiger partial charge in [-0.1, -0.05) is 18.2 Å². The molecule has 0 aliphatic rings. The van der Waals surface area contributed by atoms with Gasteiger partial charge in [-0.15, -0.1) is 0 Å². The number of rotatable bonds is 3. The first kappa shape index (κ1) is 13.8. The number of benzene rings is 1. The number of aromatic nitrogens is 2. The van der Waals surface area contributed by atoms with Gasteiger partial charge in [0.2, 0.25) is 0 Å². The lowest BCUT2D eigenvalue weighted by atomic mass is 10.1. The highest BCUT2D eigenvalue weighted by Crippen LogP contribution is 2.10. The van der Waals surface area contributed by atoms with E-state index < -0.39 is 17.2 Å². The zero-order valence-electron chi connectivity index (χ0n) is 11.2. The fourth-order valence-electron chi connectivity index (χ4n) is 1.90. The fourth-order valence-corrected chi connectivity index (χ4v) is 1.90. The normalized spacial score (nSPS) is 10.3. The first-order chi connectivity index (χ1) is 9.54. The van der Waals surface area contributed by atoms with Crippen LogP contribution in [0.15, 0.2) is 46.1 Å². The number of methoxy groups -OCH3 is 1. The number of esters is 1. The summed E-state index contributed by atoms with van der Waals surface area (Å²) in [5, 5.41) is 0. The lowest BCUT2D eigenvalue weighted by Crippen LogP contribution is -2.38. The minimum atomic E-state index is -0.499. The highest BCUT2D eigenvalue weighted by molar-refractivity contribution is 5.90. The van der Waals surface area contributed by atoms with Crippen molar-refractivity contribution >= 4 is 5.97 Å². The van der Waals surface area contributed by atoms with Crippen molar-refractivity contribution < 1.29 is 9.53 Å². The molecule has 1 aromatic heterocycles. The molecule has 6 heteroatoms. The van der Waals surface area contributed by atoms with Gasteiger partial charge in [0, 0.05) is 19.3 Å². The summed E-state index contributed by atoms with van der Waals surface area (Å²) in [7, 11) is 2.84. The van der Waals surface area contributed by atoms with E-state index in [-0.39, 0.29) is 6.54 Å². The van der Waals surface area contributed by atoms with Gasteiger partial charge in [0.15, 0.2) is 0 Å².